The minimum Gasteiger partial charge on any atom is -0.306 e. The highest BCUT2D eigenvalue weighted by molar-refractivity contribution is 7.92. The zero-order chi connectivity index (χ0) is 25.0. The van der Waals surface area contributed by atoms with E-state index in [-0.39, 0.29) is 23.4 Å². The molecule has 2 N–H and O–H groups in total. The number of carbonyl (C=O) groups excluding carboxylic acids is 2. The van der Waals surface area contributed by atoms with E-state index in [1.54, 1.807) is 12.1 Å². The van der Waals surface area contributed by atoms with E-state index in [0.717, 1.165) is 31.6 Å². The molecule has 1 aliphatic carbocycles. The van der Waals surface area contributed by atoms with Gasteiger partial charge in [-0.15, -0.1) is 0 Å². The summed E-state index contributed by atoms with van der Waals surface area (Å²) >= 11 is 0. The molecule has 2 aromatic rings. The lowest BCUT2D eigenvalue weighted by Crippen LogP contribution is -2.53. The Bertz CT molecular complexity index is 1300. The number of sulfonamides is 1. The lowest BCUT2D eigenvalue weighted by Gasteiger charge is -2.37. The molecule has 0 atom stereocenters. The number of likely N-dealkylation sites (tertiary alicyclic amines) is 1. The lowest BCUT2D eigenvalue weighted by atomic mass is 9.65. The van der Waals surface area contributed by atoms with Gasteiger partial charge in [-0.3, -0.25) is 19.7 Å². The first kappa shape index (κ1) is 23.7. The molecule has 5 rings (SSSR count). The van der Waals surface area contributed by atoms with Crippen LogP contribution in [0.5, 0.6) is 0 Å². The van der Waals surface area contributed by atoms with Gasteiger partial charge in [0.15, 0.2) is 0 Å². The topological polar surface area (TPSA) is 98.8 Å². The van der Waals surface area contributed by atoms with E-state index in [9.17, 15) is 26.8 Å². The van der Waals surface area contributed by atoms with Crippen LogP contribution in [0.3, 0.4) is 0 Å². The Morgan fingerprint density at radius 2 is 1.80 bits per heavy atom. The van der Waals surface area contributed by atoms with Crippen LogP contribution in [-0.2, 0) is 25.0 Å². The molecular formula is C24H26F2N4O4S. The predicted octanol–water partition coefficient (Wildman–Crippen LogP) is 2.91. The highest BCUT2D eigenvalue weighted by Crippen LogP contribution is 2.53. The normalized spacial score (nSPS) is 20.0. The van der Waals surface area contributed by atoms with Crippen molar-refractivity contribution in [1.82, 2.24) is 10.3 Å². The fourth-order valence-electron chi connectivity index (χ4n) is 5.12. The van der Waals surface area contributed by atoms with Crippen LogP contribution in [0.2, 0.25) is 0 Å². The standard InChI is InChI=1S/C24H26F2N4O4S/c1-29-11-7-15(8-12-29)22(31)27-30-20-5-4-17(14-18(20)24(23(30)32)9-2-10-24)28-35(33,34)21-6-3-16(25)13-19(21)26/h3-6,13-15,28H,2,7-12H2,1H3,(H,27,31). The summed E-state index contributed by atoms with van der Waals surface area (Å²) in [5, 5.41) is 1.30. The van der Waals surface area contributed by atoms with Crippen molar-refractivity contribution in [2.24, 2.45) is 5.92 Å². The number of nitrogens with zero attached hydrogens (tertiary/aromatic N) is 2. The summed E-state index contributed by atoms with van der Waals surface area (Å²) in [6.45, 7) is 1.62. The van der Waals surface area contributed by atoms with Gasteiger partial charge in [0.05, 0.1) is 11.1 Å². The second-order valence-electron chi connectivity index (χ2n) is 9.54. The smallest absolute Gasteiger partial charge is 0.264 e. The lowest BCUT2D eigenvalue weighted by molar-refractivity contribution is -0.132. The van der Waals surface area contributed by atoms with E-state index in [0.29, 0.717) is 43.0 Å². The molecular weight excluding hydrogens is 478 g/mol. The van der Waals surface area contributed by atoms with Gasteiger partial charge in [-0.05, 0) is 81.7 Å². The maximum atomic E-state index is 14.1. The Kier molecular flexibility index (Phi) is 5.79. The van der Waals surface area contributed by atoms with E-state index in [4.69, 9.17) is 0 Å². The number of fused-ring (bicyclic) bond motifs is 2. The quantitative estimate of drug-likeness (QED) is 0.653. The molecule has 11 heteroatoms. The third kappa shape index (κ3) is 4.06. The highest BCUT2D eigenvalue weighted by atomic mass is 32.2. The van der Waals surface area contributed by atoms with Gasteiger partial charge in [0.25, 0.3) is 15.9 Å². The zero-order valence-electron chi connectivity index (χ0n) is 19.2. The van der Waals surface area contributed by atoms with E-state index in [1.165, 1.54) is 11.1 Å². The largest absolute Gasteiger partial charge is 0.306 e. The van der Waals surface area contributed by atoms with Gasteiger partial charge in [0.2, 0.25) is 5.91 Å². The summed E-state index contributed by atoms with van der Waals surface area (Å²) in [6, 6.07) is 6.83. The number of hydrazine groups is 1. The molecule has 186 valence electrons. The number of rotatable bonds is 5. The van der Waals surface area contributed by atoms with E-state index in [1.807, 2.05) is 7.05 Å². The van der Waals surface area contributed by atoms with Crippen molar-refractivity contribution < 1.29 is 26.8 Å². The van der Waals surface area contributed by atoms with Gasteiger partial charge in [-0.25, -0.2) is 22.2 Å². The first-order chi connectivity index (χ1) is 16.6. The molecule has 2 aromatic carbocycles. The molecule has 1 saturated heterocycles. The summed E-state index contributed by atoms with van der Waals surface area (Å²) < 4.78 is 55.1. The maximum absolute atomic E-state index is 14.1. The van der Waals surface area contributed by atoms with Crippen molar-refractivity contribution in [3.05, 3.63) is 53.6 Å². The van der Waals surface area contributed by atoms with Gasteiger partial charge in [-0.1, -0.05) is 6.42 Å². The second kappa shape index (κ2) is 8.56. The van der Waals surface area contributed by atoms with Crippen LogP contribution < -0.4 is 15.2 Å². The molecule has 0 unspecified atom stereocenters. The van der Waals surface area contributed by atoms with Crippen LogP contribution in [0.15, 0.2) is 41.3 Å². The fourth-order valence-corrected chi connectivity index (χ4v) is 6.23. The summed E-state index contributed by atoms with van der Waals surface area (Å²) in [7, 11) is -2.33. The molecule has 2 aliphatic heterocycles. The van der Waals surface area contributed by atoms with Crippen molar-refractivity contribution >= 4 is 33.2 Å². The van der Waals surface area contributed by atoms with Crippen molar-refractivity contribution in [3.63, 3.8) is 0 Å². The summed E-state index contributed by atoms with van der Waals surface area (Å²) in [5.74, 6) is -2.70. The number of hydrogen-bond acceptors (Lipinski definition) is 5. The third-order valence-electron chi connectivity index (χ3n) is 7.32. The second-order valence-corrected chi connectivity index (χ2v) is 11.2. The number of halogens is 2. The van der Waals surface area contributed by atoms with Crippen LogP contribution in [0.25, 0.3) is 0 Å². The molecule has 0 aromatic heterocycles. The van der Waals surface area contributed by atoms with Crippen LogP contribution in [0.4, 0.5) is 20.2 Å². The Balaban J connectivity index is 1.42. The number of benzene rings is 2. The van der Waals surface area contributed by atoms with Gasteiger partial charge >= 0.3 is 0 Å². The minimum absolute atomic E-state index is 0.148. The molecule has 8 nitrogen and oxygen atoms in total. The summed E-state index contributed by atoms with van der Waals surface area (Å²) in [5.41, 5.74) is 3.26. The number of amides is 2. The molecule has 1 saturated carbocycles. The Morgan fingerprint density at radius 3 is 2.43 bits per heavy atom. The first-order valence-electron chi connectivity index (χ1n) is 11.6. The molecule has 2 amide bonds. The Labute approximate surface area is 202 Å². The summed E-state index contributed by atoms with van der Waals surface area (Å²) in [4.78, 5) is 27.8. The number of nitrogens with one attached hydrogen (secondary N) is 2. The molecule has 0 bridgehead atoms. The average molecular weight is 505 g/mol. The minimum atomic E-state index is -4.33. The highest BCUT2D eigenvalue weighted by Gasteiger charge is 2.55. The molecule has 2 heterocycles. The van der Waals surface area contributed by atoms with Crippen LogP contribution in [0.1, 0.15) is 37.7 Å². The van der Waals surface area contributed by atoms with Gasteiger partial charge in [0, 0.05) is 17.7 Å². The van der Waals surface area contributed by atoms with E-state index in [2.05, 4.69) is 15.0 Å². The molecule has 0 radical (unpaired) electrons. The SMILES string of the molecule is CN1CCC(C(=O)NN2C(=O)C3(CCC3)c3cc(NS(=O)(=O)c4ccc(F)cc4F)ccc32)CC1. The third-order valence-corrected chi connectivity index (χ3v) is 8.73. The number of carbonyl (C=O) groups is 2. The molecule has 35 heavy (non-hydrogen) atoms. The van der Waals surface area contributed by atoms with Crippen molar-refractivity contribution in [3.8, 4) is 0 Å². The molecule has 1 spiro atoms. The number of piperidine rings is 1. The average Bonchev–Trinajstić information content (AvgIpc) is 3.01. The van der Waals surface area contributed by atoms with Crippen LogP contribution in [-0.4, -0.2) is 45.3 Å². The van der Waals surface area contributed by atoms with Crippen LogP contribution in [0, 0.1) is 17.6 Å². The molecule has 2 fully saturated rings. The number of anilines is 2. The van der Waals surface area contributed by atoms with Gasteiger partial charge in [0.1, 0.15) is 16.5 Å². The van der Waals surface area contributed by atoms with E-state index >= 15 is 0 Å². The van der Waals surface area contributed by atoms with E-state index < -0.39 is 32.0 Å². The van der Waals surface area contributed by atoms with Crippen molar-refractivity contribution in [1.29, 1.82) is 0 Å². The monoisotopic (exact) mass is 504 g/mol. The predicted molar refractivity (Wildman–Crippen MR) is 125 cm³/mol. The fraction of sp³-hybridized carbons (Fsp3) is 0.417. The Morgan fingerprint density at radius 1 is 1.09 bits per heavy atom. The maximum Gasteiger partial charge on any atom is 0.264 e. The summed E-state index contributed by atoms with van der Waals surface area (Å²) in [6.07, 6.45) is 3.43. The zero-order valence-corrected chi connectivity index (χ0v) is 20.0. The van der Waals surface area contributed by atoms with Gasteiger partial charge in [-0.2, -0.15) is 0 Å². The van der Waals surface area contributed by atoms with Gasteiger partial charge < -0.3 is 4.90 Å². The van der Waals surface area contributed by atoms with Crippen molar-refractivity contribution in [2.75, 3.05) is 29.9 Å². The van der Waals surface area contributed by atoms with Crippen LogP contribution >= 0.6 is 0 Å². The molecule has 3 aliphatic rings. The Hall–Kier alpha value is -3.05. The van der Waals surface area contributed by atoms with Crippen molar-refractivity contribution in [2.45, 2.75) is 42.4 Å². The number of hydrogen-bond donors (Lipinski definition) is 2. The first-order valence-corrected chi connectivity index (χ1v) is 13.0.